The molecular formula is C24H29FN2O. The van der Waals surface area contributed by atoms with Crippen molar-refractivity contribution in [3.05, 3.63) is 65.5 Å². The van der Waals surface area contributed by atoms with E-state index in [0.717, 1.165) is 37.1 Å². The van der Waals surface area contributed by atoms with E-state index in [4.69, 9.17) is 0 Å². The number of carbonyl (C=O) groups excluding carboxylic acids is 1. The maximum absolute atomic E-state index is 13.4. The number of fused-ring (bicyclic) bond motifs is 1. The number of anilines is 1. The Kier molecular flexibility index (Phi) is 4.90. The maximum Gasteiger partial charge on any atom is 0.227 e. The van der Waals surface area contributed by atoms with Crippen LogP contribution in [-0.4, -0.2) is 35.0 Å². The van der Waals surface area contributed by atoms with Crippen molar-refractivity contribution in [2.45, 2.75) is 64.1 Å². The second-order valence-corrected chi connectivity index (χ2v) is 8.89. The van der Waals surface area contributed by atoms with Crippen LogP contribution in [-0.2, 0) is 11.2 Å². The molecule has 0 N–H and O–H groups in total. The average molecular weight is 381 g/mol. The summed E-state index contributed by atoms with van der Waals surface area (Å²) in [6.07, 6.45) is 3.48. The Morgan fingerprint density at radius 2 is 1.75 bits per heavy atom. The molecule has 0 bridgehead atoms. The minimum absolute atomic E-state index is 0.0696. The molecule has 2 aliphatic heterocycles. The van der Waals surface area contributed by atoms with E-state index in [0.29, 0.717) is 6.42 Å². The van der Waals surface area contributed by atoms with Gasteiger partial charge in [0.15, 0.2) is 0 Å². The van der Waals surface area contributed by atoms with Gasteiger partial charge in [-0.1, -0.05) is 29.8 Å². The highest BCUT2D eigenvalue weighted by atomic mass is 19.1. The predicted molar refractivity (Wildman–Crippen MR) is 111 cm³/mol. The molecule has 3 nitrogen and oxygen atoms in total. The number of amides is 1. The predicted octanol–water partition coefficient (Wildman–Crippen LogP) is 4.73. The summed E-state index contributed by atoms with van der Waals surface area (Å²) in [5, 5.41) is 0. The molecule has 4 rings (SSSR count). The highest BCUT2D eigenvalue weighted by molar-refractivity contribution is 5.79. The SMILES string of the molecule is Cc1ccc(CC(=O)N2CCC[C@H]3[C@@H]2CC(C)(C)N3c2ccc(F)cc2)cc1. The molecule has 28 heavy (non-hydrogen) atoms. The fourth-order valence-electron chi connectivity index (χ4n) is 5.08. The Morgan fingerprint density at radius 1 is 1.07 bits per heavy atom. The molecule has 1 amide bonds. The quantitative estimate of drug-likeness (QED) is 0.769. The van der Waals surface area contributed by atoms with Gasteiger partial charge < -0.3 is 9.80 Å². The van der Waals surface area contributed by atoms with E-state index < -0.39 is 0 Å². The van der Waals surface area contributed by atoms with Crippen molar-refractivity contribution >= 4 is 11.6 Å². The van der Waals surface area contributed by atoms with Crippen LogP contribution in [0.4, 0.5) is 10.1 Å². The molecule has 0 saturated carbocycles. The lowest BCUT2D eigenvalue weighted by atomic mass is 9.93. The molecule has 2 fully saturated rings. The second kappa shape index (κ2) is 7.23. The molecular weight excluding hydrogens is 351 g/mol. The van der Waals surface area contributed by atoms with E-state index in [-0.39, 0.29) is 29.3 Å². The van der Waals surface area contributed by atoms with Crippen LogP contribution in [0.15, 0.2) is 48.5 Å². The molecule has 2 aliphatic rings. The van der Waals surface area contributed by atoms with Crippen molar-refractivity contribution in [2.75, 3.05) is 11.4 Å². The summed E-state index contributed by atoms with van der Waals surface area (Å²) in [6, 6.07) is 15.5. The highest BCUT2D eigenvalue weighted by Crippen LogP contribution is 2.43. The minimum Gasteiger partial charge on any atom is -0.361 e. The zero-order valence-corrected chi connectivity index (χ0v) is 17.0. The first-order chi connectivity index (χ1) is 13.3. The van der Waals surface area contributed by atoms with Gasteiger partial charge in [0.2, 0.25) is 5.91 Å². The van der Waals surface area contributed by atoms with Gasteiger partial charge in [-0.25, -0.2) is 4.39 Å². The number of nitrogens with zero attached hydrogens (tertiary/aromatic N) is 2. The molecule has 0 aliphatic carbocycles. The van der Waals surface area contributed by atoms with Gasteiger partial charge in [-0.2, -0.15) is 0 Å². The first-order valence-electron chi connectivity index (χ1n) is 10.2. The van der Waals surface area contributed by atoms with Gasteiger partial charge in [0, 0.05) is 17.8 Å². The number of hydrogen-bond donors (Lipinski definition) is 0. The number of piperidine rings is 1. The number of carbonyl (C=O) groups is 1. The lowest BCUT2D eigenvalue weighted by molar-refractivity contribution is -0.134. The normalized spacial score (nSPS) is 23.6. The van der Waals surface area contributed by atoms with Crippen LogP contribution in [0.3, 0.4) is 0 Å². The lowest BCUT2D eigenvalue weighted by Crippen LogP contribution is -2.53. The molecule has 2 aromatic carbocycles. The number of benzene rings is 2. The molecule has 2 saturated heterocycles. The van der Waals surface area contributed by atoms with Gasteiger partial charge in [0.1, 0.15) is 5.82 Å². The Balaban J connectivity index is 1.56. The van der Waals surface area contributed by atoms with Crippen molar-refractivity contribution in [1.82, 2.24) is 4.90 Å². The highest BCUT2D eigenvalue weighted by Gasteiger charge is 2.50. The number of hydrogen-bond acceptors (Lipinski definition) is 2. The van der Waals surface area contributed by atoms with E-state index in [1.807, 2.05) is 12.1 Å². The molecule has 2 aromatic rings. The van der Waals surface area contributed by atoms with Crippen molar-refractivity contribution in [3.8, 4) is 0 Å². The topological polar surface area (TPSA) is 23.6 Å². The van der Waals surface area contributed by atoms with Gasteiger partial charge >= 0.3 is 0 Å². The summed E-state index contributed by atoms with van der Waals surface area (Å²) in [4.78, 5) is 17.7. The number of halogens is 1. The van der Waals surface area contributed by atoms with E-state index in [9.17, 15) is 9.18 Å². The molecule has 4 heteroatoms. The fourth-order valence-corrected chi connectivity index (χ4v) is 5.08. The smallest absolute Gasteiger partial charge is 0.227 e. The van der Waals surface area contributed by atoms with Crippen molar-refractivity contribution in [2.24, 2.45) is 0 Å². The van der Waals surface area contributed by atoms with Crippen LogP contribution in [0.25, 0.3) is 0 Å². The molecule has 0 unspecified atom stereocenters. The van der Waals surface area contributed by atoms with Crippen LogP contribution in [0, 0.1) is 12.7 Å². The van der Waals surface area contributed by atoms with Crippen LogP contribution >= 0.6 is 0 Å². The summed E-state index contributed by atoms with van der Waals surface area (Å²) in [7, 11) is 0. The van der Waals surface area contributed by atoms with E-state index in [2.05, 4.69) is 54.8 Å². The third-order valence-corrected chi connectivity index (χ3v) is 6.34. The van der Waals surface area contributed by atoms with Crippen LogP contribution in [0.1, 0.15) is 44.2 Å². The molecule has 148 valence electrons. The van der Waals surface area contributed by atoms with Gasteiger partial charge in [-0.05, 0) is 69.9 Å². The summed E-state index contributed by atoms with van der Waals surface area (Å²) >= 11 is 0. The maximum atomic E-state index is 13.4. The lowest BCUT2D eigenvalue weighted by Gasteiger charge is -2.42. The molecule has 0 radical (unpaired) electrons. The van der Waals surface area contributed by atoms with E-state index in [1.165, 1.54) is 17.7 Å². The Labute approximate surface area is 167 Å². The van der Waals surface area contributed by atoms with Crippen LogP contribution < -0.4 is 4.90 Å². The Bertz CT molecular complexity index is 844. The largest absolute Gasteiger partial charge is 0.361 e. The Morgan fingerprint density at radius 3 is 2.43 bits per heavy atom. The first-order valence-corrected chi connectivity index (χ1v) is 10.2. The number of rotatable bonds is 3. The Hall–Kier alpha value is -2.36. The fraction of sp³-hybridized carbons (Fsp3) is 0.458. The zero-order chi connectivity index (χ0) is 19.9. The summed E-state index contributed by atoms with van der Waals surface area (Å²) in [5.74, 6) is 0.00570. The monoisotopic (exact) mass is 380 g/mol. The standard InChI is InChI=1S/C24H29FN2O/c1-17-6-8-18(9-7-17)15-23(28)26-14-4-5-21-22(26)16-24(2,3)27(21)20-12-10-19(25)11-13-20/h6-13,21-22H,4-5,14-16H2,1-3H3/t21-,22-/m0/s1. The van der Waals surface area contributed by atoms with Gasteiger partial charge in [0.05, 0.1) is 18.5 Å². The average Bonchev–Trinajstić information content (AvgIpc) is 2.94. The van der Waals surface area contributed by atoms with E-state index in [1.54, 1.807) is 0 Å². The van der Waals surface area contributed by atoms with Crippen molar-refractivity contribution in [1.29, 1.82) is 0 Å². The summed E-state index contributed by atoms with van der Waals surface area (Å²) in [6.45, 7) is 7.36. The zero-order valence-electron chi connectivity index (χ0n) is 17.0. The third-order valence-electron chi connectivity index (χ3n) is 6.34. The molecule has 2 heterocycles. The summed E-state index contributed by atoms with van der Waals surface area (Å²) in [5.41, 5.74) is 3.26. The van der Waals surface area contributed by atoms with E-state index >= 15 is 0 Å². The number of likely N-dealkylation sites (tertiary alicyclic amines) is 1. The minimum atomic E-state index is -0.212. The third kappa shape index (κ3) is 3.52. The summed E-state index contributed by atoms with van der Waals surface area (Å²) < 4.78 is 13.4. The first kappa shape index (κ1) is 19.0. The van der Waals surface area contributed by atoms with Gasteiger partial charge in [-0.3, -0.25) is 4.79 Å². The number of aryl methyl sites for hydroxylation is 1. The molecule has 2 atom stereocenters. The van der Waals surface area contributed by atoms with Gasteiger partial charge in [-0.15, -0.1) is 0 Å². The second-order valence-electron chi connectivity index (χ2n) is 8.89. The van der Waals surface area contributed by atoms with Crippen molar-refractivity contribution < 1.29 is 9.18 Å². The van der Waals surface area contributed by atoms with Crippen LogP contribution in [0.5, 0.6) is 0 Å². The van der Waals surface area contributed by atoms with Crippen LogP contribution in [0.2, 0.25) is 0 Å². The van der Waals surface area contributed by atoms with Gasteiger partial charge in [0.25, 0.3) is 0 Å². The van der Waals surface area contributed by atoms with Crippen molar-refractivity contribution in [3.63, 3.8) is 0 Å². The molecule has 0 spiro atoms. The molecule has 0 aromatic heterocycles.